The number of hydrogen-bond acceptors (Lipinski definition) is 3. The maximum atomic E-state index is 12.9. The number of esters is 1. The van der Waals surface area contributed by atoms with E-state index in [0.29, 0.717) is 22.7 Å². The Morgan fingerprint density at radius 3 is 2.44 bits per heavy atom. The number of hydrogen-bond donors (Lipinski definition) is 0. The molecule has 1 aromatic rings. The van der Waals surface area contributed by atoms with Crippen LogP contribution < -0.4 is 0 Å². The van der Waals surface area contributed by atoms with E-state index < -0.39 is 0 Å². The molecule has 1 aliphatic heterocycles. The van der Waals surface area contributed by atoms with Gasteiger partial charge in [-0.05, 0) is 73.7 Å². The zero-order chi connectivity index (χ0) is 18.1. The van der Waals surface area contributed by atoms with Gasteiger partial charge in [0.15, 0.2) is 0 Å². The molecule has 2 nitrogen and oxygen atoms in total. The molecule has 0 amide bonds. The van der Waals surface area contributed by atoms with Gasteiger partial charge in [-0.3, -0.25) is 4.79 Å². The van der Waals surface area contributed by atoms with Gasteiger partial charge in [0, 0.05) is 23.3 Å². The maximum absolute atomic E-state index is 12.9. The Hall–Kier alpha value is -0.960. The molecule has 3 heteroatoms. The molecule has 5 fully saturated rings. The van der Waals surface area contributed by atoms with Crippen molar-refractivity contribution in [3.8, 4) is 0 Å². The summed E-state index contributed by atoms with van der Waals surface area (Å²) in [4.78, 5) is 12.9. The monoisotopic (exact) mass is 382 g/mol. The zero-order valence-electron chi connectivity index (χ0n) is 16.1. The molecule has 1 saturated heterocycles. The number of ether oxygens (including phenoxy) is 1. The standard InChI is InChI=1S/C24H30O2S/c25-22-18(15-27-14-16-4-2-1-3-5-16)17-6-8-23(10-11-23)19-7-9-24(12-13-24)20(19)21(17)26-22/h1-5,17-21H,6-15H2. The van der Waals surface area contributed by atoms with Crippen LogP contribution in [0.3, 0.4) is 0 Å². The van der Waals surface area contributed by atoms with E-state index in [9.17, 15) is 4.79 Å². The Labute approximate surface area is 166 Å². The Balaban J connectivity index is 1.21. The fourth-order valence-corrected chi connectivity index (χ4v) is 8.32. The van der Waals surface area contributed by atoms with Gasteiger partial charge in [-0.15, -0.1) is 0 Å². The van der Waals surface area contributed by atoms with E-state index >= 15 is 0 Å². The first-order valence-corrected chi connectivity index (χ1v) is 12.2. The molecule has 4 aliphatic carbocycles. The van der Waals surface area contributed by atoms with Crippen LogP contribution in [0.15, 0.2) is 30.3 Å². The molecule has 0 aromatic heterocycles. The van der Waals surface area contributed by atoms with Crippen LogP contribution in [0, 0.1) is 34.5 Å². The summed E-state index contributed by atoms with van der Waals surface area (Å²) in [6.45, 7) is 0. The van der Waals surface area contributed by atoms with Gasteiger partial charge in [0.25, 0.3) is 0 Å². The summed E-state index contributed by atoms with van der Waals surface area (Å²) < 4.78 is 6.22. The largest absolute Gasteiger partial charge is 0.461 e. The summed E-state index contributed by atoms with van der Waals surface area (Å²) >= 11 is 1.93. The van der Waals surface area contributed by atoms with Gasteiger partial charge in [-0.2, -0.15) is 11.8 Å². The quantitative estimate of drug-likeness (QED) is 0.647. The van der Waals surface area contributed by atoms with Crippen LogP contribution in [-0.2, 0) is 15.3 Å². The number of carbonyl (C=O) groups excluding carboxylic acids is 1. The predicted octanol–water partition coefficient (Wildman–Crippen LogP) is 5.46. The van der Waals surface area contributed by atoms with Gasteiger partial charge in [0.1, 0.15) is 6.10 Å². The fraction of sp³-hybridized carbons (Fsp3) is 0.708. The summed E-state index contributed by atoms with van der Waals surface area (Å²) in [5.74, 6) is 4.24. The third kappa shape index (κ3) is 2.63. The molecule has 5 atom stereocenters. The van der Waals surface area contributed by atoms with Crippen molar-refractivity contribution >= 4 is 17.7 Å². The second kappa shape index (κ2) is 6.02. The highest BCUT2D eigenvalue weighted by Gasteiger charge is 2.69. The van der Waals surface area contributed by atoms with Gasteiger partial charge in [-0.25, -0.2) is 0 Å². The Bertz CT molecular complexity index is 736. The minimum atomic E-state index is 0.124. The fourth-order valence-electron chi connectivity index (χ4n) is 7.13. The van der Waals surface area contributed by atoms with Gasteiger partial charge in [-0.1, -0.05) is 30.3 Å². The minimum Gasteiger partial charge on any atom is -0.461 e. The first-order valence-electron chi connectivity index (χ1n) is 11.0. The van der Waals surface area contributed by atoms with Gasteiger partial charge >= 0.3 is 5.97 Å². The third-order valence-electron chi connectivity index (χ3n) is 8.90. The summed E-state index contributed by atoms with van der Waals surface area (Å²) in [6.07, 6.45) is 11.4. The van der Waals surface area contributed by atoms with Gasteiger partial charge in [0.05, 0.1) is 5.92 Å². The summed E-state index contributed by atoms with van der Waals surface area (Å²) in [6, 6.07) is 10.6. The van der Waals surface area contributed by atoms with Crippen LogP contribution in [0.4, 0.5) is 0 Å². The average molecular weight is 383 g/mol. The Morgan fingerprint density at radius 1 is 0.963 bits per heavy atom. The van der Waals surface area contributed by atoms with Crippen molar-refractivity contribution in [3.63, 3.8) is 0 Å². The molecule has 27 heavy (non-hydrogen) atoms. The van der Waals surface area contributed by atoms with Crippen LogP contribution in [0.5, 0.6) is 0 Å². The first kappa shape index (κ1) is 16.9. The second-order valence-electron chi connectivity index (χ2n) is 10.1. The molecule has 0 N–H and O–H groups in total. The van der Waals surface area contributed by atoms with E-state index in [-0.39, 0.29) is 18.0 Å². The Morgan fingerprint density at radius 2 is 1.70 bits per heavy atom. The molecular weight excluding hydrogens is 352 g/mol. The SMILES string of the molecule is O=C1OC2C(CCC3(CC3)C3CCC4(CC4)C23)C1CSCc1ccccc1. The summed E-state index contributed by atoms with van der Waals surface area (Å²) in [5.41, 5.74) is 2.57. The van der Waals surface area contributed by atoms with Crippen molar-refractivity contribution < 1.29 is 9.53 Å². The zero-order valence-corrected chi connectivity index (χ0v) is 16.9. The van der Waals surface area contributed by atoms with Gasteiger partial charge < -0.3 is 4.74 Å². The first-order chi connectivity index (χ1) is 13.2. The van der Waals surface area contributed by atoms with Crippen LogP contribution in [0.2, 0.25) is 0 Å². The van der Waals surface area contributed by atoms with Crippen molar-refractivity contribution in [3.05, 3.63) is 35.9 Å². The van der Waals surface area contributed by atoms with E-state index in [1.54, 1.807) is 0 Å². The van der Waals surface area contributed by atoms with Crippen LogP contribution in [-0.4, -0.2) is 17.8 Å². The summed E-state index contributed by atoms with van der Waals surface area (Å²) in [5, 5.41) is 0. The van der Waals surface area contributed by atoms with Crippen molar-refractivity contribution in [1.82, 2.24) is 0 Å². The topological polar surface area (TPSA) is 26.3 Å². The summed E-state index contributed by atoms with van der Waals surface area (Å²) in [7, 11) is 0. The van der Waals surface area contributed by atoms with Crippen molar-refractivity contribution in [2.45, 2.75) is 63.2 Å². The van der Waals surface area contributed by atoms with E-state index in [0.717, 1.165) is 17.4 Å². The predicted molar refractivity (Wildman–Crippen MR) is 108 cm³/mol. The number of fused-ring (bicyclic) bond motifs is 5. The van der Waals surface area contributed by atoms with E-state index in [4.69, 9.17) is 4.74 Å². The average Bonchev–Trinajstić information content (AvgIpc) is 3.57. The van der Waals surface area contributed by atoms with E-state index in [1.165, 1.54) is 56.9 Å². The molecule has 0 bridgehead atoms. The molecule has 0 radical (unpaired) electrons. The molecule has 2 spiro atoms. The van der Waals surface area contributed by atoms with Crippen molar-refractivity contribution in [2.75, 3.05) is 5.75 Å². The van der Waals surface area contributed by atoms with Crippen molar-refractivity contribution in [2.24, 2.45) is 34.5 Å². The maximum Gasteiger partial charge on any atom is 0.310 e. The second-order valence-corrected chi connectivity index (χ2v) is 11.1. The van der Waals surface area contributed by atoms with Gasteiger partial charge in [0.2, 0.25) is 0 Å². The van der Waals surface area contributed by atoms with E-state index in [1.807, 2.05) is 11.8 Å². The van der Waals surface area contributed by atoms with Crippen LogP contribution in [0.1, 0.15) is 56.9 Å². The molecule has 5 unspecified atom stereocenters. The van der Waals surface area contributed by atoms with Crippen molar-refractivity contribution in [1.29, 1.82) is 0 Å². The number of carbonyl (C=O) groups is 1. The molecule has 4 saturated carbocycles. The molecule has 6 rings (SSSR count). The smallest absolute Gasteiger partial charge is 0.310 e. The lowest BCUT2D eigenvalue weighted by Crippen LogP contribution is -2.35. The van der Waals surface area contributed by atoms with E-state index in [2.05, 4.69) is 30.3 Å². The highest BCUT2D eigenvalue weighted by Crippen LogP contribution is 2.75. The number of benzene rings is 1. The lowest BCUT2D eigenvalue weighted by molar-refractivity contribution is -0.147. The lowest BCUT2D eigenvalue weighted by Gasteiger charge is -2.33. The number of rotatable bonds is 4. The molecular formula is C24H30O2S. The van der Waals surface area contributed by atoms with Crippen LogP contribution >= 0.6 is 11.8 Å². The highest BCUT2D eigenvalue weighted by atomic mass is 32.2. The number of thioether (sulfide) groups is 1. The van der Waals surface area contributed by atoms with Crippen LogP contribution in [0.25, 0.3) is 0 Å². The molecule has 144 valence electrons. The lowest BCUT2D eigenvalue weighted by atomic mass is 9.74. The Kier molecular flexibility index (Phi) is 3.78. The minimum absolute atomic E-state index is 0.124. The highest BCUT2D eigenvalue weighted by molar-refractivity contribution is 7.98. The molecule has 1 aromatic carbocycles. The normalized spacial score (nSPS) is 39.7. The molecule has 1 heterocycles. The third-order valence-corrected chi connectivity index (χ3v) is 10.0. The molecule has 5 aliphatic rings.